The predicted molar refractivity (Wildman–Crippen MR) is 75.6 cm³/mol. The molecule has 1 aromatic carbocycles. The molecule has 0 aliphatic heterocycles. The first kappa shape index (κ1) is 16.0. The summed E-state index contributed by atoms with van der Waals surface area (Å²) in [5, 5.41) is 14.2. The minimum atomic E-state index is -4.42. The fourth-order valence-corrected chi connectivity index (χ4v) is 2.57. The molecule has 3 nitrogen and oxygen atoms in total. The number of aromatic nitrogens is 2. The van der Waals surface area contributed by atoms with Crippen molar-refractivity contribution < 1.29 is 18.3 Å². The highest BCUT2D eigenvalue weighted by molar-refractivity contribution is 9.10. The summed E-state index contributed by atoms with van der Waals surface area (Å²) < 4.78 is 40.3. The van der Waals surface area contributed by atoms with Crippen LogP contribution < -0.4 is 0 Å². The number of aryl methyl sites for hydroxylation is 2. The molecule has 0 amide bonds. The molecule has 0 radical (unpaired) electrons. The van der Waals surface area contributed by atoms with Crippen molar-refractivity contribution in [3.8, 4) is 0 Å². The van der Waals surface area contributed by atoms with Gasteiger partial charge in [0.05, 0.1) is 11.7 Å². The highest BCUT2D eigenvalue weighted by Crippen LogP contribution is 2.34. The summed E-state index contributed by atoms with van der Waals surface area (Å²) in [4.78, 5) is 0. The quantitative estimate of drug-likeness (QED) is 0.896. The fraction of sp³-hybridized carbons (Fsp3) is 0.357. The van der Waals surface area contributed by atoms with Gasteiger partial charge in [0.1, 0.15) is 0 Å². The van der Waals surface area contributed by atoms with E-state index in [1.54, 1.807) is 17.9 Å². The van der Waals surface area contributed by atoms with E-state index in [1.807, 2.05) is 6.07 Å². The minimum absolute atomic E-state index is 0.243. The summed E-state index contributed by atoms with van der Waals surface area (Å²) in [5.74, 6) is 0. The van der Waals surface area contributed by atoms with Crippen LogP contribution in [0, 0.1) is 0 Å². The maximum Gasteiger partial charge on any atom is 0.416 e. The fourth-order valence-electron chi connectivity index (χ4n) is 2.06. The van der Waals surface area contributed by atoms with Crippen molar-refractivity contribution >= 4 is 15.9 Å². The Morgan fingerprint density at radius 2 is 2.05 bits per heavy atom. The van der Waals surface area contributed by atoms with Gasteiger partial charge in [0.15, 0.2) is 0 Å². The number of aliphatic hydroxyl groups excluding tert-OH is 1. The van der Waals surface area contributed by atoms with E-state index in [0.29, 0.717) is 17.3 Å². The van der Waals surface area contributed by atoms with Crippen LogP contribution in [0.2, 0.25) is 0 Å². The van der Waals surface area contributed by atoms with Crippen LogP contribution in [-0.4, -0.2) is 14.9 Å². The van der Waals surface area contributed by atoms with Crippen LogP contribution in [0.3, 0.4) is 0 Å². The molecule has 1 N–H and O–H groups in total. The molecule has 0 saturated heterocycles. The third-order valence-corrected chi connectivity index (χ3v) is 4.00. The van der Waals surface area contributed by atoms with Crippen molar-refractivity contribution in [3.63, 3.8) is 0 Å². The first-order valence-electron chi connectivity index (χ1n) is 6.30. The second-order valence-corrected chi connectivity index (χ2v) is 5.59. The summed E-state index contributed by atoms with van der Waals surface area (Å²) in [6.45, 7) is 0. The zero-order valence-corrected chi connectivity index (χ0v) is 12.8. The lowest BCUT2D eigenvalue weighted by atomic mass is 10.0. The monoisotopic (exact) mass is 362 g/mol. The molecule has 0 aliphatic rings. The largest absolute Gasteiger partial charge is 0.416 e. The second-order valence-electron chi connectivity index (χ2n) is 4.73. The molecule has 0 aliphatic carbocycles. The molecule has 1 aromatic heterocycles. The lowest BCUT2D eigenvalue weighted by molar-refractivity contribution is -0.137. The Labute approximate surface area is 128 Å². The summed E-state index contributed by atoms with van der Waals surface area (Å²) in [6.07, 6.45) is -2.91. The Kier molecular flexibility index (Phi) is 4.73. The Morgan fingerprint density at radius 1 is 1.33 bits per heavy atom. The zero-order valence-electron chi connectivity index (χ0n) is 11.2. The van der Waals surface area contributed by atoms with E-state index in [2.05, 4.69) is 21.0 Å². The van der Waals surface area contributed by atoms with Gasteiger partial charge in [-0.1, -0.05) is 15.9 Å². The molecule has 7 heteroatoms. The Hall–Kier alpha value is -1.34. The van der Waals surface area contributed by atoms with E-state index < -0.39 is 17.8 Å². The summed E-state index contributed by atoms with van der Waals surface area (Å²) in [5.41, 5.74) is 0.393. The molecular formula is C14H14BrF3N2O. The van der Waals surface area contributed by atoms with Gasteiger partial charge >= 0.3 is 6.18 Å². The number of hydrogen-bond acceptors (Lipinski definition) is 2. The topological polar surface area (TPSA) is 38.0 Å². The van der Waals surface area contributed by atoms with E-state index in [1.165, 1.54) is 6.07 Å². The average Bonchev–Trinajstić information content (AvgIpc) is 2.80. The molecule has 0 fully saturated rings. The van der Waals surface area contributed by atoms with Crippen LogP contribution in [0.1, 0.15) is 29.3 Å². The molecule has 1 atom stereocenters. The molecule has 0 bridgehead atoms. The maximum absolute atomic E-state index is 12.7. The Morgan fingerprint density at radius 3 is 2.62 bits per heavy atom. The van der Waals surface area contributed by atoms with E-state index in [-0.39, 0.29) is 5.56 Å². The number of hydrogen-bond donors (Lipinski definition) is 1. The normalized spacial score (nSPS) is 13.4. The summed E-state index contributed by atoms with van der Waals surface area (Å²) >= 11 is 3.19. The molecule has 2 aromatic rings. The van der Waals surface area contributed by atoms with Crippen molar-refractivity contribution in [2.45, 2.75) is 25.1 Å². The Balaban J connectivity index is 2.15. The lowest BCUT2D eigenvalue weighted by Gasteiger charge is -2.15. The zero-order chi connectivity index (χ0) is 15.6. The van der Waals surface area contributed by atoms with Gasteiger partial charge in [0.2, 0.25) is 0 Å². The predicted octanol–water partition coefficient (Wildman–Crippen LogP) is 3.87. The molecule has 2 rings (SSSR count). The van der Waals surface area contributed by atoms with Crippen LogP contribution in [-0.2, 0) is 19.6 Å². The molecule has 1 unspecified atom stereocenters. The van der Waals surface area contributed by atoms with Crippen LogP contribution >= 0.6 is 15.9 Å². The number of rotatable bonds is 4. The number of nitrogens with zero attached hydrogens (tertiary/aromatic N) is 2. The highest BCUT2D eigenvalue weighted by Gasteiger charge is 2.31. The van der Waals surface area contributed by atoms with Crippen molar-refractivity contribution in [1.82, 2.24) is 9.78 Å². The SMILES string of the molecule is Cn1nccc1CCC(O)c1cc(C(F)(F)F)ccc1Br. The third-order valence-electron chi connectivity index (χ3n) is 3.28. The van der Waals surface area contributed by atoms with Crippen molar-refractivity contribution in [2.24, 2.45) is 7.05 Å². The number of alkyl halides is 3. The van der Waals surface area contributed by atoms with Gasteiger partial charge in [-0.15, -0.1) is 0 Å². The second kappa shape index (κ2) is 6.19. The van der Waals surface area contributed by atoms with Crippen LogP contribution in [0.15, 0.2) is 34.9 Å². The summed E-state index contributed by atoms with van der Waals surface area (Å²) in [6, 6.07) is 5.10. The average molecular weight is 363 g/mol. The maximum atomic E-state index is 12.7. The molecule has 1 heterocycles. The number of halogens is 4. The van der Waals surface area contributed by atoms with Crippen LogP contribution in [0.5, 0.6) is 0 Å². The molecule has 0 saturated carbocycles. The molecular weight excluding hydrogens is 349 g/mol. The van der Waals surface area contributed by atoms with Gasteiger partial charge in [-0.3, -0.25) is 4.68 Å². The van der Waals surface area contributed by atoms with Crippen molar-refractivity contribution in [1.29, 1.82) is 0 Å². The molecule has 21 heavy (non-hydrogen) atoms. The van der Waals surface area contributed by atoms with Crippen LogP contribution in [0.4, 0.5) is 13.2 Å². The van der Waals surface area contributed by atoms with Gasteiger partial charge in [-0.2, -0.15) is 18.3 Å². The molecule has 0 spiro atoms. The van der Waals surface area contributed by atoms with E-state index in [9.17, 15) is 18.3 Å². The van der Waals surface area contributed by atoms with Gasteiger partial charge in [0.25, 0.3) is 0 Å². The lowest BCUT2D eigenvalue weighted by Crippen LogP contribution is -2.08. The van der Waals surface area contributed by atoms with E-state index >= 15 is 0 Å². The highest BCUT2D eigenvalue weighted by atomic mass is 79.9. The van der Waals surface area contributed by atoms with Gasteiger partial charge in [0, 0.05) is 23.4 Å². The Bertz CT molecular complexity index is 625. The first-order valence-corrected chi connectivity index (χ1v) is 7.10. The minimum Gasteiger partial charge on any atom is -0.388 e. The number of benzene rings is 1. The molecule has 114 valence electrons. The van der Waals surface area contributed by atoms with E-state index in [4.69, 9.17) is 0 Å². The van der Waals surface area contributed by atoms with Crippen molar-refractivity contribution in [2.75, 3.05) is 0 Å². The smallest absolute Gasteiger partial charge is 0.388 e. The summed E-state index contributed by atoms with van der Waals surface area (Å²) in [7, 11) is 1.78. The number of aliphatic hydroxyl groups is 1. The van der Waals surface area contributed by atoms with Gasteiger partial charge in [-0.25, -0.2) is 0 Å². The van der Waals surface area contributed by atoms with Crippen molar-refractivity contribution in [3.05, 3.63) is 51.8 Å². The van der Waals surface area contributed by atoms with Crippen LogP contribution in [0.25, 0.3) is 0 Å². The van der Waals surface area contributed by atoms with Gasteiger partial charge < -0.3 is 5.11 Å². The van der Waals surface area contributed by atoms with E-state index in [0.717, 1.165) is 17.8 Å². The first-order chi connectivity index (χ1) is 9.79. The third kappa shape index (κ3) is 3.85. The van der Waals surface area contributed by atoms with Gasteiger partial charge in [-0.05, 0) is 42.7 Å². The standard InChI is InChI=1S/C14H14BrF3N2O/c1-20-10(6-7-19-20)3-5-13(21)11-8-9(14(16,17)18)2-4-12(11)15/h2,4,6-8,13,21H,3,5H2,1H3.